The van der Waals surface area contributed by atoms with E-state index in [1.54, 1.807) is 18.2 Å². The Morgan fingerprint density at radius 2 is 2.09 bits per heavy atom. The lowest BCUT2D eigenvalue weighted by Gasteiger charge is -1.99. The standard InChI is InChI=1S/C16H12N4O2/c1-8-18-13-7-9(3-5-14(13)22-8)15-11-6-10(16(17)21)2-4-12(11)19-20-15/h2-7H,1H3,(H2,17,21)(H,19,20). The quantitative estimate of drug-likeness (QED) is 0.593. The summed E-state index contributed by atoms with van der Waals surface area (Å²) >= 11 is 0. The van der Waals surface area contributed by atoms with Gasteiger partial charge in [-0.05, 0) is 36.4 Å². The minimum atomic E-state index is -0.461. The molecule has 0 unspecified atom stereocenters. The second-order valence-electron chi connectivity index (χ2n) is 5.11. The van der Waals surface area contributed by atoms with E-state index in [9.17, 15) is 4.79 Å². The molecule has 0 aliphatic rings. The van der Waals surface area contributed by atoms with Crippen LogP contribution < -0.4 is 5.73 Å². The number of H-pyrrole nitrogens is 1. The molecule has 4 aromatic rings. The van der Waals surface area contributed by atoms with Crippen LogP contribution in [0.3, 0.4) is 0 Å². The zero-order chi connectivity index (χ0) is 15.3. The van der Waals surface area contributed by atoms with E-state index in [1.165, 1.54) is 0 Å². The summed E-state index contributed by atoms with van der Waals surface area (Å²) in [6.45, 7) is 1.81. The number of rotatable bonds is 2. The Morgan fingerprint density at radius 1 is 1.23 bits per heavy atom. The number of benzene rings is 2. The van der Waals surface area contributed by atoms with Crippen LogP contribution in [0.5, 0.6) is 0 Å². The number of oxazole rings is 1. The van der Waals surface area contributed by atoms with Gasteiger partial charge in [-0.15, -0.1) is 0 Å². The van der Waals surface area contributed by atoms with Gasteiger partial charge in [0.05, 0.1) is 5.52 Å². The number of aromatic nitrogens is 3. The number of hydrogen-bond acceptors (Lipinski definition) is 4. The highest BCUT2D eigenvalue weighted by Gasteiger charge is 2.12. The highest BCUT2D eigenvalue weighted by atomic mass is 16.3. The Balaban J connectivity index is 1.94. The second-order valence-corrected chi connectivity index (χ2v) is 5.11. The topological polar surface area (TPSA) is 97.8 Å². The van der Waals surface area contributed by atoms with Gasteiger partial charge in [-0.2, -0.15) is 5.10 Å². The van der Waals surface area contributed by atoms with Crippen molar-refractivity contribution in [2.24, 2.45) is 5.73 Å². The number of nitrogens with two attached hydrogens (primary N) is 1. The molecule has 0 saturated carbocycles. The number of primary amides is 1. The maximum Gasteiger partial charge on any atom is 0.248 e. The Kier molecular flexibility index (Phi) is 2.53. The van der Waals surface area contributed by atoms with Crippen molar-refractivity contribution in [2.45, 2.75) is 6.92 Å². The van der Waals surface area contributed by atoms with Gasteiger partial charge >= 0.3 is 0 Å². The molecule has 0 radical (unpaired) electrons. The summed E-state index contributed by atoms with van der Waals surface area (Å²) in [5, 5.41) is 8.15. The summed E-state index contributed by atoms with van der Waals surface area (Å²) in [5.74, 6) is 0.159. The lowest BCUT2D eigenvalue weighted by molar-refractivity contribution is 0.100. The summed E-state index contributed by atoms with van der Waals surface area (Å²) in [6.07, 6.45) is 0. The summed E-state index contributed by atoms with van der Waals surface area (Å²) in [5.41, 5.74) is 9.80. The van der Waals surface area contributed by atoms with Gasteiger partial charge in [0.1, 0.15) is 11.2 Å². The fourth-order valence-electron chi connectivity index (χ4n) is 2.58. The molecule has 0 saturated heterocycles. The Labute approximate surface area is 124 Å². The van der Waals surface area contributed by atoms with Crippen molar-refractivity contribution in [2.75, 3.05) is 0 Å². The lowest BCUT2D eigenvalue weighted by Crippen LogP contribution is -2.10. The number of nitrogens with one attached hydrogen (secondary N) is 1. The van der Waals surface area contributed by atoms with Crippen LogP contribution in [-0.2, 0) is 0 Å². The van der Waals surface area contributed by atoms with E-state index in [2.05, 4.69) is 15.2 Å². The highest BCUT2D eigenvalue weighted by molar-refractivity contribution is 6.01. The predicted molar refractivity (Wildman–Crippen MR) is 82.4 cm³/mol. The lowest BCUT2D eigenvalue weighted by atomic mass is 10.1. The van der Waals surface area contributed by atoms with Gasteiger partial charge in [-0.3, -0.25) is 9.89 Å². The monoisotopic (exact) mass is 292 g/mol. The zero-order valence-corrected chi connectivity index (χ0v) is 11.8. The average molecular weight is 292 g/mol. The van der Waals surface area contributed by atoms with Gasteiger partial charge in [0.25, 0.3) is 0 Å². The van der Waals surface area contributed by atoms with Crippen LogP contribution >= 0.6 is 0 Å². The largest absolute Gasteiger partial charge is 0.441 e. The van der Waals surface area contributed by atoms with Gasteiger partial charge in [-0.25, -0.2) is 4.98 Å². The van der Waals surface area contributed by atoms with E-state index in [-0.39, 0.29) is 0 Å². The third kappa shape index (κ3) is 1.85. The van der Waals surface area contributed by atoms with E-state index in [1.807, 2.05) is 25.1 Å². The van der Waals surface area contributed by atoms with Crippen molar-refractivity contribution in [1.29, 1.82) is 0 Å². The molecule has 2 aromatic carbocycles. The van der Waals surface area contributed by atoms with Crippen molar-refractivity contribution < 1.29 is 9.21 Å². The van der Waals surface area contributed by atoms with Crippen molar-refractivity contribution in [3.05, 3.63) is 47.9 Å². The molecule has 0 aliphatic carbocycles. The number of aromatic amines is 1. The van der Waals surface area contributed by atoms with Crippen LogP contribution in [0, 0.1) is 6.92 Å². The maximum atomic E-state index is 11.4. The molecule has 6 heteroatoms. The Hall–Kier alpha value is -3.15. The van der Waals surface area contributed by atoms with Gasteiger partial charge < -0.3 is 10.2 Å². The Bertz CT molecular complexity index is 1030. The molecular weight excluding hydrogens is 280 g/mol. The Morgan fingerprint density at radius 3 is 2.91 bits per heavy atom. The normalized spacial score (nSPS) is 11.3. The van der Waals surface area contributed by atoms with Gasteiger partial charge in [-0.1, -0.05) is 0 Å². The molecule has 3 N–H and O–H groups in total. The van der Waals surface area contributed by atoms with E-state index < -0.39 is 5.91 Å². The fourth-order valence-corrected chi connectivity index (χ4v) is 2.58. The van der Waals surface area contributed by atoms with Gasteiger partial charge in [0.15, 0.2) is 11.5 Å². The number of amides is 1. The first-order chi connectivity index (χ1) is 10.6. The zero-order valence-electron chi connectivity index (χ0n) is 11.8. The third-order valence-corrected chi connectivity index (χ3v) is 3.62. The van der Waals surface area contributed by atoms with Crippen molar-refractivity contribution in [3.63, 3.8) is 0 Å². The average Bonchev–Trinajstić information content (AvgIpc) is 3.07. The third-order valence-electron chi connectivity index (χ3n) is 3.62. The molecule has 0 fully saturated rings. The first kappa shape index (κ1) is 12.6. The molecule has 2 heterocycles. The summed E-state index contributed by atoms with van der Waals surface area (Å²) in [6, 6.07) is 10.9. The van der Waals surface area contributed by atoms with Crippen LogP contribution in [0.1, 0.15) is 16.2 Å². The molecule has 108 valence electrons. The minimum absolute atomic E-state index is 0.452. The van der Waals surface area contributed by atoms with E-state index >= 15 is 0 Å². The molecule has 0 bridgehead atoms. The summed E-state index contributed by atoms with van der Waals surface area (Å²) in [7, 11) is 0. The number of nitrogens with zero attached hydrogens (tertiary/aromatic N) is 2. The number of carbonyl (C=O) groups excluding carboxylic acids is 1. The van der Waals surface area contributed by atoms with E-state index in [0.29, 0.717) is 11.5 Å². The van der Waals surface area contributed by atoms with Crippen LogP contribution in [-0.4, -0.2) is 21.1 Å². The molecule has 6 nitrogen and oxygen atoms in total. The number of aryl methyl sites for hydroxylation is 1. The molecule has 22 heavy (non-hydrogen) atoms. The molecule has 1 amide bonds. The molecule has 0 atom stereocenters. The first-order valence-corrected chi connectivity index (χ1v) is 6.77. The number of hydrogen-bond donors (Lipinski definition) is 2. The van der Waals surface area contributed by atoms with E-state index in [4.69, 9.17) is 10.2 Å². The van der Waals surface area contributed by atoms with Gasteiger partial charge in [0.2, 0.25) is 5.91 Å². The van der Waals surface area contributed by atoms with Crippen LogP contribution in [0.15, 0.2) is 40.8 Å². The number of carbonyl (C=O) groups is 1. The van der Waals surface area contributed by atoms with E-state index in [0.717, 1.165) is 33.3 Å². The molecule has 0 aliphatic heterocycles. The SMILES string of the molecule is Cc1nc2cc(-c3n[nH]c4ccc(C(N)=O)cc34)ccc2o1. The van der Waals surface area contributed by atoms with Crippen molar-refractivity contribution in [3.8, 4) is 11.3 Å². The number of fused-ring (bicyclic) bond motifs is 2. The highest BCUT2D eigenvalue weighted by Crippen LogP contribution is 2.29. The summed E-state index contributed by atoms with van der Waals surface area (Å²) < 4.78 is 5.48. The first-order valence-electron chi connectivity index (χ1n) is 6.77. The molecule has 2 aromatic heterocycles. The second kappa shape index (κ2) is 4.42. The van der Waals surface area contributed by atoms with Crippen LogP contribution in [0.25, 0.3) is 33.3 Å². The van der Waals surface area contributed by atoms with Crippen LogP contribution in [0.4, 0.5) is 0 Å². The fraction of sp³-hybridized carbons (Fsp3) is 0.0625. The smallest absolute Gasteiger partial charge is 0.248 e. The molecular formula is C16H12N4O2. The minimum Gasteiger partial charge on any atom is -0.441 e. The molecule has 0 spiro atoms. The molecule has 4 rings (SSSR count). The maximum absolute atomic E-state index is 11.4. The van der Waals surface area contributed by atoms with Crippen LogP contribution in [0.2, 0.25) is 0 Å². The predicted octanol–water partition coefficient (Wildman–Crippen LogP) is 2.78. The van der Waals surface area contributed by atoms with Crippen molar-refractivity contribution >= 4 is 27.9 Å². The van der Waals surface area contributed by atoms with Crippen molar-refractivity contribution in [1.82, 2.24) is 15.2 Å². The summed E-state index contributed by atoms with van der Waals surface area (Å²) in [4.78, 5) is 15.7. The van der Waals surface area contributed by atoms with Gasteiger partial charge in [0, 0.05) is 23.4 Å².